The lowest BCUT2D eigenvalue weighted by Crippen LogP contribution is -2.35. The molecule has 2 aliphatic heterocycles. The zero-order valence-corrected chi connectivity index (χ0v) is 15.9. The topological polar surface area (TPSA) is 121 Å². The molecule has 10 nitrogen and oxygen atoms in total. The zero-order valence-electron chi connectivity index (χ0n) is 15.9. The number of esters is 1. The van der Waals surface area contributed by atoms with Crippen molar-refractivity contribution in [2.75, 3.05) is 25.4 Å². The fourth-order valence-corrected chi connectivity index (χ4v) is 2.80. The summed E-state index contributed by atoms with van der Waals surface area (Å²) < 4.78 is 25.9. The van der Waals surface area contributed by atoms with Crippen molar-refractivity contribution >= 4 is 23.5 Å². The number of carbonyl (C=O) groups excluding carboxylic acids is 3. The second-order valence-corrected chi connectivity index (χ2v) is 6.44. The summed E-state index contributed by atoms with van der Waals surface area (Å²) in [6.45, 7) is 1.26. The quantitative estimate of drug-likeness (QED) is 0.681. The number of benzene rings is 2. The Labute approximate surface area is 171 Å². The Morgan fingerprint density at radius 2 is 1.57 bits per heavy atom. The Morgan fingerprint density at radius 3 is 2.30 bits per heavy atom. The normalized spacial score (nSPS) is 14.0. The van der Waals surface area contributed by atoms with Gasteiger partial charge >= 0.3 is 5.97 Å². The average Bonchev–Trinajstić information content (AvgIpc) is 3.40. The van der Waals surface area contributed by atoms with Crippen LogP contribution < -0.4 is 29.6 Å². The molecule has 2 aliphatic rings. The number of anilines is 1. The molecule has 2 N–H and O–H groups in total. The first-order valence-corrected chi connectivity index (χ1v) is 9.07. The molecule has 1 atom stereocenters. The highest BCUT2D eigenvalue weighted by Crippen LogP contribution is 2.34. The third-order valence-electron chi connectivity index (χ3n) is 4.35. The average molecular weight is 414 g/mol. The molecule has 0 radical (unpaired) electrons. The van der Waals surface area contributed by atoms with E-state index >= 15 is 0 Å². The van der Waals surface area contributed by atoms with Gasteiger partial charge in [-0.05, 0) is 37.3 Å². The molecular formula is C20H18N2O8. The van der Waals surface area contributed by atoms with Gasteiger partial charge in [0.2, 0.25) is 13.6 Å². The van der Waals surface area contributed by atoms with Crippen molar-refractivity contribution in [3.05, 3.63) is 42.0 Å². The molecule has 4 rings (SSSR count). The lowest BCUT2D eigenvalue weighted by Gasteiger charge is -2.14. The van der Waals surface area contributed by atoms with Crippen molar-refractivity contribution in [1.29, 1.82) is 0 Å². The SMILES string of the molecule is CC(OC(=O)CNC(=O)c1ccc2c(c1)OCO2)C(=O)Nc1ccc2c(c1)OCO2. The van der Waals surface area contributed by atoms with Crippen LogP contribution >= 0.6 is 0 Å². The van der Waals surface area contributed by atoms with Crippen molar-refractivity contribution in [2.24, 2.45) is 0 Å². The number of fused-ring (bicyclic) bond motifs is 2. The molecule has 1 unspecified atom stereocenters. The minimum atomic E-state index is -1.06. The third kappa shape index (κ3) is 4.22. The van der Waals surface area contributed by atoms with Gasteiger partial charge in [-0.25, -0.2) is 0 Å². The minimum absolute atomic E-state index is 0.0962. The molecule has 0 bridgehead atoms. The van der Waals surface area contributed by atoms with Crippen LogP contribution in [0.3, 0.4) is 0 Å². The first kappa shape index (κ1) is 19.4. The van der Waals surface area contributed by atoms with Crippen LogP contribution in [0, 0.1) is 0 Å². The van der Waals surface area contributed by atoms with Gasteiger partial charge in [0.05, 0.1) is 0 Å². The summed E-state index contributed by atoms with van der Waals surface area (Å²) in [7, 11) is 0. The van der Waals surface area contributed by atoms with Crippen LogP contribution in [0.1, 0.15) is 17.3 Å². The van der Waals surface area contributed by atoms with Crippen LogP contribution in [0.15, 0.2) is 36.4 Å². The monoisotopic (exact) mass is 414 g/mol. The van der Waals surface area contributed by atoms with Gasteiger partial charge in [0.25, 0.3) is 11.8 Å². The standard InChI is InChI=1S/C20H18N2O8/c1-11(19(24)22-13-3-5-15-17(7-13)29-10-27-15)30-18(23)8-21-20(25)12-2-4-14-16(6-12)28-9-26-14/h2-7,11H,8-10H2,1H3,(H,21,25)(H,22,24). The van der Waals surface area contributed by atoms with E-state index in [1.54, 1.807) is 30.3 Å². The molecule has 2 heterocycles. The van der Waals surface area contributed by atoms with Gasteiger partial charge in [0, 0.05) is 17.3 Å². The van der Waals surface area contributed by atoms with Crippen molar-refractivity contribution < 1.29 is 38.1 Å². The van der Waals surface area contributed by atoms with Crippen LogP contribution in [0.2, 0.25) is 0 Å². The molecule has 2 aromatic carbocycles. The van der Waals surface area contributed by atoms with Gasteiger partial charge < -0.3 is 34.3 Å². The van der Waals surface area contributed by atoms with E-state index in [4.69, 9.17) is 23.7 Å². The van der Waals surface area contributed by atoms with Crippen LogP contribution in [-0.2, 0) is 14.3 Å². The first-order chi connectivity index (χ1) is 14.5. The van der Waals surface area contributed by atoms with Gasteiger partial charge in [-0.2, -0.15) is 0 Å². The summed E-state index contributed by atoms with van der Waals surface area (Å²) in [6, 6.07) is 9.60. The van der Waals surface area contributed by atoms with Gasteiger partial charge in [-0.15, -0.1) is 0 Å². The number of hydrogen-bond acceptors (Lipinski definition) is 8. The molecule has 0 aromatic heterocycles. The van der Waals surface area contributed by atoms with Gasteiger partial charge in [0.1, 0.15) is 6.54 Å². The molecule has 156 valence electrons. The van der Waals surface area contributed by atoms with Gasteiger partial charge in [-0.3, -0.25) is 14.4 Å². The molecule has 0 saturated carbocycles. The highest BCUT2D eigenvalue weighted by Gasteiger charge is 2.21. The maximum absolute atomic E-state index is 12.2. The van der Waals surface area contributed by atoms with Gasteiger partial charge in [0.15, 0.2) is 29.1 Å². The smallest absolute Gasteiger partial charge is 0.326 e. The van der Waals surface area contributed by atoms with E-state index in [9.17, 15) is 14.4 Å². The van der Waals surface area contributed by atoms with E-state index in [2.05, 4.69) is 10.6 Å². The van der Waals surface area contributed by atoms with Crippen molar-refractivity contribution in [3.63, 3.8) is 0 Å². The summed E-state index contributed by atoms with van der Waals surface area (Å²) >= 11 is 0. The van der Waals surface area contributed by atoms with Crippen molar-refractivity contribution in [1.82, 2.24) is 5.32 Å². The fourth-order valence-electron chi connectivity index (χ4n) is 2.80. The van der Waals surface area contributed by atoms with Crippen molar-refractivity contribution in [3.8, 4) is 23.0 Å². The molecule has 30 heavy (non-hydrogen) atoms. The third-order valence-corrected chi connectivity index (χ3v) is 4.35. The Balaban J connectivity index is 1.25. The summed E-state index contributed by atoms with van der Waals surface area (Å²) in [5.74, 6) is 0.353. The van der Waals surface area contributed by atoms with E-state index in [-0.39, 0.29) is 13.6 Å². The number of amides is 2. The van der Waals surface area contributed by atoms with Crippen LogP contribution in [0.25, 0.3) is 0 Å². The van der Waals surface area contributed by atoms with Crippen LogP contribution in [0.5, 0.6) is 23.0 Å². The second kappa shape index (κ2) is 8.19. The fraction of sp³-hybridized carbons (Fsp3) is 0.250. The number of hydrogen-bond donors (Lipinski definition) is 2. The Morgan fingerprint density at radius 1 is 0.933 bits per heavy atom. The molecule has 0 saturated heterocycles. The minimum Gasteiger partial charge on any atom is -0.454 e. The van der Waals surface area contributed by atoms with E-state index in [1.165, 1.54) is 13.0 Å². The van der Waals surface area contributed by atoms with Crippen molar-refractivity contribution in [2.45, 2.75) is 13.0 Å². The summed E-state index contributed by atoms with van der Waals surface area (Å²) in [4.78, 5) is 36.4. The second-order valence-electron chi connectivity index (χ2n) is 6.44. The summed E-state index contributed by atoms with van der Waals surface area (Å²) in [5, 5.41) is 5.07. The van der Waals surface area contributed by atoms with Crippen LogP contribution in [0.4, 0.5) is 5.69 Å². The highest BCUT2D eigenvalue weighted by atomic mass is 16.7. The number of nitrogens with one attached hydrogen (secondary N) is 2. The molecule has 0 aliphatic carbocycles. The molecule has 2 aromatic rings. The van der Waals surface area contributed by atoms with Crippen LogP contribution in [-0.4, -0.2) is 44.0 Å². The van der Waals surface area contributed by atoms with Gasteiger partial charge in [-0.1, -0.05) is 0 Å². The predicted octanol–water partition coefficient (Wildman–Crippen LogP) is 1.44. The molecule has 0 fully saturated rings. The Hall–Kier alpha value is -3.95. The molecule has 2 amide bonds. The number of carbonyl (C=O) groups is 3. The lowest BCUT2D eigenvalue weighted by atomic mass is 10.2. The maximum atomic E-state index is 12.2. The van der Waals surface area contributed by atoms with E-state index in [0.29, 0.717) is 34.2 Å². The van der Waals surface area contributed by atoms with E-state index in [0.717, 1.165) is 0 Å². The number of ether oxygens (including phenoxy) is 5. The summed E-state index contributed by atoms with van der Waals surface area (Å²) in [6.07, 6.45) is -1.06. The van der Waals surface area contributed by atoms with E-state index < -0.39 is 30.4 Å². The summed E-state index contributed by atoms with van der Waals surface area (Å²) in [5.41, 5.74) is 0.781. The van der Waals surface area contributed by atoms with E-state index in [1.807, 2.05) is 0 Å². The lowest BCUT2D eigenvalue weighted by molar-refractivity contribution is -0.152. The zero-order chi connectivity index (χ0) is 21.1. The largest absolute Gasteiger partial charge is 0.454 e. The Kier molecular flexibility index (Phi) is 5.29. The first-order valence-electron chi connectivity index (χ1n) is 9.07. The highest BCUT2D eigenvalue weighted by molar-refractivity contribution is 5.98. The molecule has 0 spiro atoms. The predicted molar refractivity (Wildman–Crippen MR) is 102 cm³/mol. The maximum Gasteiger partial charge on any atom is 0.326 e. The number of rotatable bonds is 6. The molecular weight excluding hydrogens is 396 g/mol. The molecule has 10 heteroatoms. The Bertz CT molecular complexity index is 1010.